The standard InChI is InChI=1S/C25H22ClN3O6/c26-21-9-5-4-8-20(21)25(33)29-28-23(31)16-34-24(32)15-14-22(30)27-17-10-12-19(13-11-17)35-18-6-2-1-3-7-18/h1-13H,14-16H2,(H,27,30)(H,28,31)(H,29,33). The highest BCUT2D eigenvalue weighted by Gasteiger charge is 2.13. The number of para-hydroxylation sites is 1. The first-order chi connectivity index (χ1) is 16.9. The van der Waals surface area contributed by atoms with Gasteiger partial charge in [-0.1, -0.05) is 41.9 Å². The smallest absolute Gasteiger partial charge is 0.306 e. The molecule has 0 bridgehead atoms. The predicted molar refractivity (Wildman–Crippen MR) is 129 cm³/mol. The van der Waals surface area contributed by atoms with Crippen molar-refractivity contribution in [2.24, 2.45) is 0 Å². The van der Waals surface area contributed by atoms with Crippen molar-refractivity contribution in [3.8, 4) is 11.5 Å². The highest BCUT2D eigenvalue weighted by molar-refractivity contribution is 6.33. The van der Waals surface area contributed by atoms with Crippen LogP contribution in [-0.4, -0.2) is 30.3 Å². The normalized spacial score (nSPS) is 10.1. The number of nitrogens with one attached hydrogen (secondary N) is 3. The first kappa shape index (κ1) is 25.3. The molecule has 3 rings (SSSR count). The van der Waals surface area contributed by atoms with E-state index in [2.05, 4.69) is 16.2 Å². The Hall–Kier alpha value is -4.37. The third kappa shape index (κ3) is 8.49. The van der Waals surface area contributed by atoms with Crippen molar-refractivity contribution in [2.75, 3.05) is 11.9 Å². The number of hydrogen-bond acceptors (Lipinski definition) is 6. The van der Waals surface area contributed by atoms with Gasteiger partial charge < -0.3 is 14.8 Å². The molecule has 0 saturated heterocycles. The van der Waals surface area contributed by atoms with E-state index in [1.165, 1.54) is 12.1 Å². The largest absolute Gasteiger partial charge is 0.457 e. The molecule has 35 heavy (non-hydrogen) atoms. The van der Waals surface area contributed by atoms with Gasteiger partial charge in [-0.05, 0) is 48.5 Å². The summed E-state index contributed by atoms with van der Waals surface area (Å²) in [5, 5.41) is 2.89. The Balaban J connectivity index is 1.32. The molecular weight excluding hydrogens is 474 g/mol. The number of carbonyl (C=O) groups is 4. The average molecular weight is 496 g/mol. The van der Waals surface area contributed by atoms with Crippen molar-refractivity contribution in [1.82, 2.24) is 10.9 Å². The fraction of sp³-hybridized carbons (Fsp3) is 0.120. The van der Waals surface area contributed by atoms with E-state index in [-0.39, 0.29) is 23.4 Å². The van der Waals surface area contributed by atoms with Gasteiger partial charge in [0.2, 0.25) is 5.91 Å². The summed E-state index contributed by atoms with van der Waals surface area (Å²) in [5.41, 5.74) is 5.00. The van der Waals surface area contributed by atoms with E-state index in [4.69, 9.17) is 21.1 Å². The third-order valence-corrected chi connectivity index (χ3v) is 4.80. The Labute approximate surface area is 206 Å². The van der Waals surface area contributed by atoms with E-state index >= 15 is 0 Å². The van der Waals surface area contributed by atoms with E-state index < -0.39 is 30.3 Å². The summed E-state index contributed by atoms with van der Waals surface area (Å²) < 4.78 is 10.5. The highest BCUT2D eigenvalue weighted by Crippen LogP contribution is 2.22. The van der Waals surface area contributed by atoms with Crippen molar-refractivity contribution in [3.63, 3.8) is 0 Å². The Kier molecular flexibility index (Phi) is 9.21. The maximum Gasteiger partial charge on any atom is 0.306 e. The van der Waals surface area contributed by atoms with E-state index in [1.54, 1.807) is 36.4 Å². The summed E-state index contributed by atoms with van der Waals surface area (Å²) in [6.07, 6.45) is -0.355. The third-order valence-electron chi connectivity index (χ3n) is 4.47. The molecule has 0 aliphatic rings. The summed E-state index contributed by atoms with van der Waals surface area (Å²) in [4.78, 5) is 47.6. The molecule has 0 radical (unpaired) electrons. The zero-order valence-electron chi connectivity index (χ0n) is 18.5. The molecule has 10 heteroatoms. The molecule has 0 aliphatic carbocycles. The Morgan fingerprint density at radius 1 is 0.714 bits per heavy atom. The van der Waals surface area contributed by atoms with Crippen LogP contribution >= 0.6 is 11.6 Å². The van der Waals surface area contributed by atoms with Crippen molar-refractivity contribution < 1.29 is 28.7 Å². The van der Waals surface area contributed by atoms with Crippen molar-refractivity contribution >= 4 is 41.0 Å². The minimum absolute atomic E-state index is 0.133. The number of anilines is 1. The number of halogens is 1. The molecule has 0 saturated carbocycles. The van der Waals surface area contributed by atoms with Gasteiger partial charge in [-0.15, -0.1) is 0 Å². The number of ether oxygens (including phenoxy) is 2. The molecule has 0 heterocycles. The number of benzene rings is 3. The van der Waals surface area contributed by atoms with E-state index in [1.807, 2.05) is 30.3 Å². The maximum absolute atomic E-state index is 12.1. The van der Waals surface area contributed by atoms with Gasteiger partial charge in [0.15, 0.2) is 6.61 Å². The number of rotatable bonds is 9. The van der Waals surface area contributed by atoms with Gasteiger partial charge in [-0.25, -0.2) is 0 Å². The summed E-state index contributed by atoms with van der Waals surface area (Å²) in [6, 6.07) is 22.3. The van der Waals surface area contributed by atoms with Crippen LogP contribution in [0.25, 0.3) is 0 Å². The second-order valence-electron chi connectivity index (χ2n) is 7.13. The first-order valence-electron chi connectivity index (χ1n) is 10.5. The van der Waals surface area contributed by atoms with E-state index in [0.717, 1.165) is 0 Å². The van der Waals surface area contributed by atoms with Gasteiger partial charge in [-0.3, -0.25) is 30.0 Å². The number of amides is 3. The van der Waals surface area contributed by atoms with Gasteiger partial charge in [0, 0.05) is 12.1 Å². The van der Waals surface area contributed by atoms with Crippen molar-refractivity contribution in [3.05, 3.63) is 89.4 Å². The minimum Gasteiger partial charge on any atom is -0.457 e. The summed E-state index contributed by atoms with van der Waals surface area (Å²) in [5.74, 6) is -1.19. The van der Waals surface area contributed by atoms with E-state index in [0.29, 0.717) is 17.2 Å². The lowest BCUT2D eigenvalue weighted by Crippen LogP contribution is -2.43. The molecule has 0 spiro atoms. The summed E-state index contributed by atoms with van der Waals surface area (Å²) >= 11 is 5.90. The van der Waals surface area contributed by atoms with Crippen LogP contribution in [0.4, 0.5) is 5.69 Å². The number of carbonyl (C=O) groups excluding carboxylic acids is 4. The van der Waals surface area contributed by atoms with Gasteiger partial charge >= 0.3 is 5.97 Å². The van der Waals surface area contributed by atoms with Gasteiger partial charge in [0.25, 0.3) is 11.8 Å². The second-order valence-corrected chi connectivity index (χ2v) is 7.54. The molecule has 9 nitrogen and oxygen atoms in total. The molecule has 0 aliphatic heterocycles. The monoisotopic (exact) mass is 495 g/mol. The number of hydrogen-bond donors (Lipinski definition) is 3. The Morgan fingerprint density at radius 3 is 2.09 bits per heavy atom. The topological polar surface area (TPSA) is 123 Å². The fourth-order valence-electron chi connectivity index (χ4n) is 2.76. The van der Waals surface area contributed by atoms with Gasteiger partial charge in [0.05, 0.1) is 17.0 Å². The number of esters is 1. The van der Waals surface area contributed by atoms with Crippen molar-refractivity contribution in [1.29, 1.82) is 0 Å². The van der Waals surface area contributed by atoms with Crippen LogP contribution < -0.4 is 20.9 Å². The summed E-state index contributed by atoms with van der Waals surface area (Å²) in [7, 11) is 0. The van der Waals surface area contributed by atoms with E-state index in [9.17, 15) is 19.2 Å². The minimum atomic E-state index is -0.749. The molecule has 0 aromatic heterocycles. The molecule has 3 amide bonds. The van der Waals surface area contributed by atoms with Crippen LogP contribution in [0.3, 0.4) is 0 Å². The molecule has 0 fully saturated rings. The molecule has 0 atom stereocenters. The van der Waals surface area contributed by atoms with Crippen LogP contribution in [-0.2, 0) is 19.1 Å². The molecule has 3 N–H and O–H groups in total. The molecule has 3 aromatic rings. The summed E-state index contributed by atoms with van der Waals surface area (Å²) in [6.45, 7) is -0.619. The lowest BCUT2D eigenvalue weighted by molar-refractivity contribution is -0.149. The second kappa shape index (κ2) is 12.8. The van der Waals surface area contributed by atoms with Crippen LogP contribution in [0.2, 0.25) is 5.02 Å². The maximum atomic E-state index is 12.1. The predicted octanol–water partition coefficient (Wildman–Crippen LogP) is 3.86. The molecular formula is C25H22ClN3O6. The molecule has 180 valence electrons. The SMILES string of the molecule is O=C(COC(=O)CCC(=O)Nc1ccc(Oc2ccccc2)cc1)NNC(=O)c1ccccc1Cl. The van der Waals surface area contributed by atoms with Crippen LogP contribution in [0.15, 0.2) is 78.9 Å². The molecule has 0 unspecified atom stereocenters. The highest BCUT2D eigenvalue weighted by atomic mass is 35.5. The van der Waals surface area contributed by atoms with Crippen LogP contribution in [0.5, 0.6) is 11.5 Å². The Bertz CT molecular complexity index is 1190. The zero-order chi connectivity index (χ0) is 25.0. The van der Waals surface area contributed by atoms with Gasteiger partial charge in [0.1, 0.15) is 11.5 Å². The molecule has 3 aromatic carbocycles. The quantitative estimate of drug-likeness (QED) is 0.306. The lowest BCUT2D eigenvalue weighted by Gasteiger charge is -2.09. The van der Waals surface area contributed by atoms with Crippen LogP contribution in [0.1, 0.15) is 23.2 Å². The van der Waals surface area contributed by atoms with Crippen molar-refractivity contribution in [2.45, 2.75) is 12.8 Å². The average Bonchev–Trinajstić information content (AvgIpc) is 2.87. The first-order valence-corrected chi connectivity index (χ1v) is 10.9. The van der Waals surface area contributed by atoms with Gasteiger partial charge in [-0.2, -0.15) is 0 Å². The lowest BCUT2D eigenvalue weighted by atomic mass is 10.2. The fourth-order valence-corrected chi connectivity index (χ4v) is 2.99. The Morgan fingerprint density at radius 2 is 1.37 bits per heavy atom. The number of hydrazine groups is 1. The van der Waals surface area contributed by atoms with Crippen LogP contribution in [0, 0.1) is 0 Å². The zero-order valence-corrected chi connectivity index (χ0v) is 19.2.